The summed E-state index contributed by atoms with van der Waals surface area (Å²) in [6, 6.07) is -1.28. The SMILES string of the molecule is CCCCC(CCC)C(CCC)(CCCC)NOS(=O)(=O)ON1C(=O)N2C[C@@H]1CC[C@H]2c1nnc(N2CCN(C(=O)OC(C)(C)C)CC2)o1. The van der Waals surface area contributed by atoms with Crippen LogP contribution >= 0.6 is 0 Å². The van der Waals surface area contributed by atoms with Gasteiger partial charge in [-0.05, 0) is 65.2 Å². The molecule has 3 fully saturated rings. The Kier molecular flexibility index (Phi) is 13.6. The zero-order chi connectivity index (χ0) is 35.8. The van der Waals surface area contributed by atoms with Crippen LogP contribution in [0.1, 0.15) is 137 Å². The molecule has 49 heavy (non-hydrogen) atoms. The Morgan fingerprint density at radius 1 is 0.959 bits per heavy atom. The van der Waals surface area contributed by atoms with Crippen molar-refractivity contribution in [2.24, 2.45) is 5.92 Å². The molecule has 0 aromatic carbocycles. The first-order valence-electron chi connectivity index (χ1n) is 18.3. The lowest BCUT2D eigenvalue weighted by Gasteiger charge is -2.41. The van der Waals surface area contributed by atoms with E-state index in [9.17, 15) is 18.0 Å². The summed E-state index contributed by atoms with van der Waals surface area (Å²) in [5.74, 6) is 0.514. The van der Waals surface area contributed by atoms with Crippen LogP contribution in [0.3, 0.4) is 0 Å². The van der Waals surface area contributed by atoms with Crippen molar-refractivity contribution in [2.45, 2.75) is 149 Å². The van der Waals surface area contributed by atoms with Gasteiger partial charge in [-0.3, -0.25) is 0 Å². The second kappa shape index (κ2) is 17.0. The predicted octanol–water partition coefficient (Wildman–Crippen LogP) is 6.10. The van der Waals surface area contributed by atoms with Crippen LogP contribution < -0.4 is 10.4 Å². The Balaban J connectivity index is 1.38. The average Bonchev–Trinajstić information content (AvgIpc) is 3.64. The molecule has 3 aliphatic rings. The van der Waals surface area contributed by atoms with Gasteiger partial charge in [0.2, 0.25) is 5.89 Å². The summed E-state index contributed by atoms with van der Waals surface area (Å²) >= 11 is 0. The van der Waals surface area contributed by atoms with Crippen molar-refractivity contribution in [2.75, 3.05) is 37.6 Å². The molecule has 1 aromatic heterocycles. The number of carbonyl (C=O) groups is 2. The summed E-state index contributed by atoms with van der Waals surface area (Å²) in [7, 11) is -4.62. The van der Waals surface area contributed by atoms with Crippen molar-refractivity contribution in [3.05, 3.63) is 5.89 Å². The number of piperazine rings is 1. The fourth-order valence-corrected chi connectivity index (χ4v) is 7.96. The van der Waals surface area contributed by atoms with Gasteiger partial charge in [0.15, 0.2) is 0 Å². The molecule has 0 spiro atoms. The quantitative estimate of drug-likeness (QED) is 0.174. The Labute approximate surface area is 292 Å². The van der Waals surface area contributed by atoms with Crippen molar-refractivity contribution < 1.29 is 35.7 Å². The van der Waals surface area contributed by atoms with Gasteiger partial charge >= 0.3 is 28.5 Å². The lowest BCUT2D eigenvalue weighted by Crippen LogP contribution is -2.52. The van der Waals surface area contributed by atoms with Gasteiger partial charge in [-0.1, -0.05) is 71.3 Å². The molecule has 3 aliphatic heterocycles. The number of carbonyl (C=O) groups excluding carboxylic acids is 2. The van der Waals surface area contributed by atoms with Crippen LogP contribution in [0, 0.1) is 5.92 Å². The van der Waals surface area contributed by atoms with Crippen LogP contribution in [0.15, 0.2) is 4.42 Å². The Morgan fingerprint density at radius 2 is 1.67 bits per heavy atom. The largest absolute Gasteiger partial charge is 0.444 e. The van der Waals surface area contributed by atoms with Crippen molar-refractivity contribution >= 4 is 28.5 Å². The maximum absolute atomic E-state index is 13.5. The molecule has 4 rings (SSSR count). The normalized spacial score (nSPS) is 22.1. The van der Waals surface area contributed by atoms with E-state index < -0.39 is 39.7 Å². The number of urea groups is 1. The first-order valence-corrected chi connectivity index (χ1v) is 19.7. The maximum atomic E-state index is 13.5. The van der Waals surface area contributed by atoms with Crippen LogP contribution in [-0.2, 0) is 23.7 Å². The third-order valence-electron chi connectivity index (χ3n) is 9.76. The fraction of sp³-hybridized carbons (Fsp3) is 0.879. The third-order valence-corrected chi connectivity index (χ3v) is 10.4. The fourth-order valence-electron chi connectivity index (χ4n) is 7.28. The molecule has 3 saturated heterocycles. The highest BCUT2D eigenvalue weighted by molar-refractivity contribution is 7.81. The van der Waals surface area contributed by atoms with Crippen LogP contribution in [0.5, 0.6) is 0 Å². The van der Waals surface area contributed by atoms with Crippen molar-refractivity contribution in [3.63, 3.8) is 0 Å². The standard InChI is InChI=1S/C33H59N7O8S/c1-8-12-15-25(14-10-3)33(18-11-4,19-13-9-2)36-47-49(43,44)48-40-26-16-17-27(39(24-26)30(40)41)28-34-35-29(45-28)37-20-22-38(23-21-37)31(42)46-32(5,6)7/h25-27,36H,8-24H2,1-7H3/t25?,26-,27-,33?/m0/s1. The zero-order valence-electron chi connectivity index (χ0n) is 30.6. The predicted molar refractivity (Wildman–Crippen MR) is 183 cm³/mol. The van der Waals surface area contributed by atoms with Gasteiger partial charge in [-0.2, -0.15) is 23.2 Å². The summed E-state index contributed by atoms with van der Waals surface area (Å²) in [6.45, 7) is 16.2. The first-order chi connectivity index (χ1) is 23.3. The Bertz CT molecular complexity index is 1330. The van der Waals surface area contributed by atoms with E-state index in [-0.39, 0.29) is 24.4 Å². The molecule has 1 N–H and O–H groups in total. The van der Waals surface area contributed by atoms with Gasteiger partial charge in [-0.25, -0.2) is 9.59 Å². The van der Waals surface area contributed by atoms with E-state index in [0.717, 1.165) is 69.3 Å². The number of nitrogens with zero attached hydrogens (tertiary/aromatic N) is 6. The number of anilines is 1. The molecule has 2 unspecified atom stereocenters. The Morgan fingerprint density at radius 3 is 2.31 bits per heavy atom. The molecule has 0 radical (unpaired) electrons. The molecule has 2 bridgehead atoms. The average molecular weight is 714 g/mol. The van der Waals surface area contributed by atoms with Gasteiger partial charge in [0, 0.05) is 38.3 Å². The first kappa shape index (κ1) is 39.1. The molecule has 16 heteroatoms. The van der Waals surface area contributed by atoms with Crippen molar-refractivity contribution in [1.82, 2.24) is 30.5 Å². The molecule has 0 saturated carbocycles. The highest BCUT2D eigenvalue weighted by atomic mass is 32.3. The van der Waals surface area contributed by atoms with E-state index >= 15 is 0 Å². The lowest BCUT2D eigenvalue weighted by molar-refractivity contribution is -0.0573. The number of hydrogen-bond donors (Lipinski definition) is 1. The number of piperidine rings is 1. The summed E-state index contributed by atoms with van der Waals surface area (Å²) < 4.78 is 49.0. The molecule has 1 aromatic rings. The summed E-state index contributed by atoms with van der Waals surface area (Å²) in [4.78, 5) is 31.1. The monoisotopic (exact) mass is 713 g/mol. The van der Waals surface area contributed by atoms with E-state index in [2.05, 4.69) is 43.4 Å². The molecular weight excluding hydrogens is 654 g/mol. The van der Waals surface area contributed by atoms with Gasteiger partial charge in [0.25, 0.3) is 0 Å². The van der Waals surface area contributed by atoms with E-state index in [1.54, 1.807) is 4.90 Å². The third kappa shape index (κ3) is 9.97. The lowest BCUT2D eigenvalue weighted by atomic mass is 9.73. The number of ether oxygens (including phenoxy) is 1. The van der Waals surface area contributed by atoms with E-state index in [1.807, 2.05) is 25.7 Å². The minimum Gasteiger partial charge on any atom is -0.444 e. The maximum Gasteiger partial charge on any atom is 0.437 e. The van der Waals surface area contributed by atoms with Crippen LogP contribution in [0.25, 0.3) is 0 Å². The number of nitrogens with one attached hydrogen (secondary N) is 1. The highest BCUT2D eigenvalue weighted by Gasteiger charge is 2.50. The topological polar surface area (TPSA) is 160 Å². The molecule has 15 nitrogen and oxygen atoms in total. The second-order valence-corrected chi connectivity index (χ2v) is 15.8. The highest BCUT2D eigenvalue weighted by Crippen LogP contribution is 2.40. The van der Waals surface area contributed by atoms with E-state index in [4.69, 9.17) is 17.7 Å². The summed E-state index contributed by atoms with van der Waals surface area (Å²) in [5.41, 5.74) is 1.91. The van der Waals surface area contributed by atoms with E-state index in [0.29, 0.717) is 45.0 Å². The van der Waals surface area contributed by atoms with Gasteiger partial charge in [-0.15, -0.1) is 9.38 Å². The molecule has 280 valence electrons. The number of rotatable bonds is 18. The zero-order valence-corrected chi connectivity index (χ0v) is 31.4. The molecule has 4 atom stereocenters. The van der Waals surface area contributed by atoms with Crippen LogP contribution in [0.4, 0.5) is 15.6 Å². The van der Waals surface area contributed by atoms with Crippen molar-refractivity contribution in [3.8, 4) is 0 Å². The second-order valence-electron chi connectivity index (χ2n) is 14.7. The molecule has 4 heterocycles. The number of unbranched alkanes of at least 4 members (excludes halogenated alkanes) is 2. The minimum atomic E-state index is -4.62. The van der Waals surface area contributed by atoms with Crippen LogP contribution in [-0.4, -0.2) is 95.5 Å². The van der Waals surface area contributed by atoms with Crippen LogP contribution in [0.2, 0.25) is 0 Å². The number of amides is 3. The van der Waals surface area contributed by atoms with Gasteiger partial charge in [0.05, 0.1) is 6.04 Å². The van der Waals surface area contributed by atoms with Gasteiger partial charge < -0.3 is 23.9 Å². The summed E-state index contributed by atoms with van der Waals surface area (Å²) in [5, 5.41) is 9.39. The molecule has 3 amide bonds. The number of hydrogen-bond acceptors (Lipinski definition) is 12. The smallest absolute Gasteiger partial charge is 0.437 e. The number of fused-ring (bicyclic) bond motifs is 2. The minimum absolute atomic E-state index is 0.242. The Hall–Kier alpha value is -2.69. The number of hydroxylamine groups is 3. The number of aromatic nitrogens is 2. The van der Waals surface area contributed by atoms with Crippen molar-refractivity contribution in [1.29, 1.82) is 0 Å². The molecular formula is C33H59N7O8S. The molecule has 0 aliphatic carbocycles. The van der Waals surface area contributed by atoms with Gasteiger partial charge in [0.1, 0.15) is 11.6 Å². The summed E-state index contributed by atoms with van der Waals surface area (Å²) in [6.07, 6.45) is 10.0. The van der Waals surface area contributed by atoms with E-state index in [1.165, 1.54) is 4.90 Å².